The zero-order valence-electron chi connectivity index (χ0n) is 8.70. The first kappa shape index (κ1) is 10.3. The molecule has 0 saturated heterocycles. The van der Waals surface area contributed by atoms with E-state index in [4.69, 9.17) is 0 Å². The summed E-state index contributed by atoms with van der Waals surface area (Å²) in [5.41, 5.74) is 0.706. The number of fused-ring (bicyclic) bond motifs is 1. The molecule has 0 bridgehead atoms. The molecule has 0 unspecified atom stereocenters. The molecule has 3 aromatic rings. The van der Waals surface area contributed by atoms with Gasteiger partial charge < -0.3 is 0 Å². The number of phenolic OH excluding ortho intramolecular Hbond substituents is 1. The van der Waals surface area contributed by atoms with Crippen LogP contribution in [0, 0.1) is 0 Å². The Balaban J connectivity index is 2.37. The summed E-state index contributed by atoms with van der Waals surface area (Å²) in [7, 11) is 0. The monoisotopic (exact) mass is 292 g/mol. The molecule has 0 saturated carbocycles. The van der Waals surface area contributed by atoms with Gasteiger partial charge in [-0.15, -0.1) is 0 Å². The van der Waals surface area contributed by atoms with Crippen molar-refractivity contribution in [3.8, 4) is 11.4 Å². The van der Waals surface area contributed by atoms with Gasteiger partial charge >= 0.3 is 103 Å². The van der Waals surface area contributed by atoms with Crippen molar-refractivity contribution < 1.29 is 5.11 Å². The van der Waals surface area contributed by atoms with Crippen LogP contribution >= 0.6 is 0 Å². The van der Waals surface area contributed by atoms with Gasteiger partial charge in [0.25, 0.3) is 0 Å². The molecule has 17 heavy (non-hydrogen) atoms. The molecule has 0 aliphatic carbocycles. The van der Waals surface area contributed by atoms with Gasteiger partial charge in [-0.3, -0.25) is 0 Å². The van der Waals surface area contributed by atoms with E-state index in [0.717, 1.165) is 9.95 Å². The van der Waals surface area contributed by atoms with Crippen LogP contribution in [-0.4, -0.2) is 28.4 Å². The van der Waals surface area contributed by atoms with Crippen LogP contribution in [0.1, 0.15) is 0 Å². The van der Waals surface area contributed by atoms with Gasteiger partial charge in [-0.25, -0.2) is 0 Å². The normalized spacial score (nSPS) is 10.8. The van der Waals surface area contributed by atoms with Crippen molar-refractivity contribution in [1.29, 1.82) is 0 Å². The minimum absolute atomic E-state index is 0.0658. The summed E-state index contributed by atoms with van der Waals surface area (Å²) < 4.78 is 2.42. The molecule has 1 aromatic carbocycles. The molecule has 0 amide bonds. The molecular weight excluding hydrogens is 283 g/mol. The van der Waals surface area contributed by atoms with Crippen LogP contribution in [0.5, 0.6) is 5.75 Å². The van der Waals surface area contributed by atoms with Gasteiger partial charge in [-0.05, 0) is 0 Å². The van der Waals surface area contributed by atoms with Crippen molar-refractivity contribution in [3.05, 3.63) is 53.1 Å². The van der Waals surface area contributed by atoms with Crippen molar-refractivity contribution in [1.82, 2.24) is 8.55 Å². The van der Waals surface area contributed by atoms with Crippen LogP contribution in [0.4, 0.5) is 0 Å². The Bertz CT molecular complexity index is 731. The summed E-state index contributed by atoms with van der Waals surface area (Å²) in [6.07, 6.45) is 3.32. The van der Waals surface area contributed by atoms with Gasteiger partial charge in [-0.2, -0.15) is 0 Å². The van der Waals surface area contributed by atoms with Gasteiger partial charge in [0.2, 0.25) is 0 Å². The summed E-state index contributed by atoms with van der Waals surface area (Å²) in [6, 6.07) is 8.68. The number of aromatic hydroxyl groups is 1. The molecule has 0 atom stereocenters. The summed E-state index contributed by atoms with van der Waals surface area (Å²) >= 11 is -0.221. The number of hydrogen-bond donors (Lipinski definition) is 1. The second kappa shape index (κ2) is 3.87. The van der Waals surface area contributed by atoms with E-state index in [0.29, 0.717) is 5.39 Å². The fourth-order valence-electron chi connectivity index (χ4n) is 1.68. The quantitative estimate of drug-likeness (QED) is 0.684. The Labute approximate surface area is 103 Å². The molecule has 2 heterocycles. The number of benzene rings is 1. The van der Waals surface area contributed by atoms with E-state index in [-0.39, 0.29) is 26.0 Å². The first-order valence-electron chi connectivity index (χ1n) is 5.02. The second-order valence-corrected chi connectivity index (χ2v) is 5.56. The molecule has 2 aromatic heterocycles. The number of rotatable bonds is 1. The van der Waals surface area contributed by atoms with E-state index in [1.54, 1.807) is 40.2 Å². The average molecular weight is 291 g/mol. The number of nitrogens with zero attached hydrogens (tertiary/aromatic N) is 2. The Morgan fingerprint density at radius 2 is 2.12 bits per heavy atom. The van der Waals surface area contributed by atoms with E-state index in [1.165, 1.54) is 0 Å². The molecule has 5 heteroatoms. The van der Waals surface area contributed by atoms with Crippen molar-refractivity contribution >= 4 is 24.4 Å². The summed E-state index contributed by atoms with van der Waals surface area (Å²) in [5, 5.41) is 10.3. The van der Waals surface area contributed by atoms with Gasteiger partial charge in [0.05, 0.1) is 0 Å². The fourth-order valence-corrected chi connectivity index (χ4v) is 3.76. The van der Waals surface area contributed by atoms with Gasteiger partial charge in [0.15, 0.2) is 0 Å². The van der Waals surface area contributed by atoms with Crippen molar-refractivity contribution in [2.24, 2.45) is 0 Å². The summed E-state index contributed by atoms with van der Waals surface area (Å²) in [6.45, 7) is 0. The predicted molar refractivity (Wildman–Crippen MR) is 65.9 cm³/mol. The molecule has 3 rings (SSSR count). The van der Waals surface area contributed by atoms with Crippen LogP contribution in [-0.2, 0) is 0 Å². The molecule has 1 N–H and O–H groups in total. The van der Waals surface area contributed by atoms with E-state index in [9.17, 15) is 9.90 Å². The zero-order valence-corrected chi connectivity index (χ0v) is 10.4. The standard InChI is InChI=1S/C12H8N2O2Se/c15-10-5-1-4-9-11(10)17-14(12(9)16)8-3-2-6-13-7-8/h1-7,15H. The van der Waals surface area contributed by atoms with E-state index >= 15 is 0 Å². The van der Waals surface area contributed by atoms with Gasteiger partial charge in [0, 0.05) is 0 Å². The second-order valence-electron chi connectivity index (χ2n) is 3.56. The van der Waals surface area contributed by atoms with Crippen LogP contribution in [0.2, 0.25) is 0 Å². The van der Waals surface area contributed by atoms with Crippen LogP contribution < -0.4 is 5.56 Å². The van der Waals surface area contributed by atoms with Crippen LogP contribution in [0.15, 0.2) is 47.5 Å². The first-order chi connectivity index (χ1) is 8.27. The number of phenols is 1. The van der Waals surface area contributed by atoms with E-state index in [2.05, 4.69) is 4.98 Å². The fraction of sp³-hybridized carbons (Fsp3) is 0. The third-order valence-electron chi connectivity index (χ3n) is 2.47. The average Bonchev–Trinajstić information content (AvgIpc) is 2.70. The topological polar surface area (TPSA) is 55.1 Å². The summed E-state index contributed by atoms with van der Waals surface area (Å²) in [5.74, 6) is 0.197. The third kappa shape index (κ3) is 1.60. The molecule has 0 spiro atoms. The SMILES string of the molecule is O=c1c2cccc(O)c2[se]n1-c1cccnc1. The van der Waals surface area contributed by atoms with E-state index < -0.39 is 0 Å². The van der Waals surface area contributed by atoms with Crippen molar-refractivity contribution in [2.45, 2.75) is 0 Å². The van der Waals surface area contributed by atoms with E-state index in [1.807, 2.05) is 6.07 Å². The Kier molecular flexibility index (Phi) is 2.35. The molecule has 4 nitrogen and oxygen atoms in total. The minimum atomic E-state index is -0.221. The number of aromatic nitrogens is 2. The number of pyridine rings is 1. The Morgan fingerprint density at radius 3 is 2.82 bits per heavy atom. The molecule has 0 fully saturated rings. The predicted octanol–water partition coefficient (Wildman–Crippen LogP) is 1.15. The molecule has 0 aliphatic rings. The Morgan fingerprint density at radius 1 is 1.24 bits per heavy atom. The van der Waals surface area contributed by atoms with Crippen LogP contribution in [0.25, 0.3) is 15.3 Å². The molecule has 84 valence electrons. The van der Waals surface area contributed by atoms with Crippen molar-refractivity contribution in [2.75, 3.05) is 0 Å². The zero-order chi connectivity index (χ0) is 11.8. The molecular formula is C12H8N2O2Se. The molecule has 0 radical (unpaired) electrons. The van der Waals surface area contributed by atoms with Crippen LogP contribution in [0.3, 0.4) is 0 Å². The van der Waals surface area contributed by atoms with Gasteiger partial charge in [0.1, 0.15) is 0 Å². The number of hydrogen-bond acceptors (Lipinski definition) is 3. The Hall–Kier alpha value is -1.84. The third-order valence-corrected chi connectivity index (χ3v) is 4.93. The first-order valence-corrected chi connectivity index (χ1v) is 6.64. The maximum atomic E-state index is 12.2. The summed E-state index contributed by atoms with van der Waals surface area (Å²) in [4.78, 5) is 16.2. The molecule has 0 aliphatic heterocycles. The van der Waals surface area contributed by atoms with Crippen molar-refractivity contribution in [3.63, 3.8) is 0 Å². The maximum absolute atomic E-state index is 12.2. The van der Waals surface area contributed by atoms with Gasteiger partial charge in [-0.1, -0.05) is 0 Å².